The third-order valence-corrected chi connectivity index (χ3v) is 5.49. The lowest BCUT2D eigenvalue weighted by Crippen LogP contribution is -2.45. The van der Waals surface area contributed by atoms with Crippen LogP contribution in [-0.2, 0) is 11.3 Å². The summed E-state index contributed by atoms with van der Waals surface area (Å²) < 4.78 is 11.1. The minimum absolute atomic E-state index is 0.150. The molecule has 156 valence electrons. The number of nitrogens with one attached hydrogen (secondary N) is 1. The zero-order valence-corrected chi connectivity index (χ0v) is 18.4. The number of hydrogen-bond acceptors (Lipinski definition) is 4. The van der Waals surface area contributed by atoms with Crippen LogP contribution in [0.25, 0.3) is 0 Å². The number of likely N-dealkylation sites (tertiary alicyclic amines) is 1. The molecular formula is C21H30Cl2N2O3. The number of alkyl carbamates (subject to hydrolysis) is 1. The van der Waals surface area contributed by atoms with Crippen molar-refractivity contribution in [2.75, 3.05) is 19.7 Å². The quantitative estimate of drug-likeness (QED) is 0.669. The number of carbonyl (C=O) groups excluding carboxylic acids is 1. The zero-order chi connectivity index (χ0) is 20.3. The Labute approximate surface area is 177 Å². The van der Waals surface area contributed by atoms with Gasteiger partial charge in [0.05, 0.1) is 16.7 Å². The molecule has 0 atom stereocenters. The summed E-state index contributed by atoms with van der Waals surface area (Å²) >= 11 is 12.8. The molecule has 0 aromatic heterocycles. The van der Waals surface area contributed by atoms with Gasteiger partial charge in [0, 0.05) is 25.7 Å². The van der Waals surface area contributed by atoms with Crippen LogP contribution in [-0.4, -0.2) is 42.3 Å². The lowest BCUT2D eigenvalue weighted by molar-refractivity contribution is 0.0477. The Hall–Kier alpha value is -1.17. The van der Waals surface area contributed by atoms with Crippen LogP contribution in [0.3, 0.4) is 0 Å². The van der Waals surface area contributed by atoms with Crippen molar-refractivity contribution in [1.29, 1.82) is 0 Å². The number of amides is 1. The van der Waals surface area contributed by atoms with Gasteiger partial charge in [-0.25, -0.2) is 4.79 Å². The molecule has 1 N–H and O–H groups in total. The second kappa shape index (κ2) is 9.10. The van der Waals surface area contributed by atoms with Crippen molar-refractivity contribution in [1.82, 2.24) is 10.2 Å². The van der Waals surface area contributed by atoms with Crippen molar-refractivity contribution < 1.29 is 14.3 Å². The summed E-state index contributed by atoms with van der Waals surface area (Å²) in [5.41, 5.74) is 0.602. The van der Waals surface area contributed by atoms with Crippen LogP contribution in [0.5, 0.6) is 5.75 Å². The molecule has 0 radical (unpaired) electrons. The molecule has 0 spiro atoms. The van der Waals surface area contributed by atoms with E-state index < -0.39 is 5.60 Å². The first-order valence-corrected chi connectivity index (χ1v) is 10.8. The normalized spacial score (nSPS) is 18.8. The van der Waals surface area contributed by atoms with Crippen molar-refractivity contribution in [2.24, 2.45) is 5.92 Å². The van der Waals surface area contributed by atoms with E-state index in [1.807, 2.05) is 32.9 Å². The maximum Gasteiger partial charge on any atom is 0.407 e. The standard InChI is InChI=1S/C21H30Cl2N2O3/c1-21(2,3)28-20(26)24-16-6-8-25(9-7-16)12-15-10-17(22)19(18(23)11-15)27-13-14-4-5-14/h10-11,14,16H,4-9,12-13H2,1-3H3,(H,24,26). The number of nitrogens with zero attached hydrogens (tertiary/aromatic N) is 1. The Morgan fingerprint density at radius 2 is 1.75 bits per heavy atom. The minimum Gasteiger partial charge on any atom is -0.490 e. The number of piperidine rings is 1. The van der Waals surface area contributed by atoms with Gasteiger partial charge < -0.3 is 14.8 Å². The number of carbonyl (C=O) groups is 1. The molecule has 3 rings (SSSR count). The first kappa shape index (κ1) is 21.5. The van der Waals surface area contributed by atoms with Gasteiger partial charge >= 0.3 is 6.09 Å². The van der Waals surface area contributed by atoms with E-state index in [0.29, 0.717) is 28.3 Å². The van der Waals surface area contributed by atoms with E-state index in [-0.39, 0.29) is 12.1 Å². The van der Waals surface area contributed by atoms with Gasteiger partial charge in [0.2, 0.25) is 0 Å². The molecule has 1 amide bonds. The smallest absolute Gasteiger partial charge is 0.407 e. The molecule has 2 fully saturated rings. The predicted molar refractivity (Wildman–Crippen MR) is 112 cm³/mol. The molecule has 0 bridgehead atoms. The van der Waals surface area contributed by atoms with Crippen LogP contribution in [0.15, 0.2) is 12.1 Å². The van der Waals surface area contributed by atoms with Gasteiger partial charge in [-0.05, 0) is 70.1 Å². The Kier molecular flexibility index (Phi) is 7.00. The molecule has 1 saturated heterocycles. The van der Waals surface area contributed by atoms with E-state index in [4.69, 9.17) is 32.7 Å². The molecule has 2 aliphatic rings. The second-order valence-corrected chi connectivity index (χ2v) is 9.65. The van der Waals surface area contributed by atoms with Gasteiger partial charge in [-0.2, -0.15) is 0 Å². The molecule has 28 heavy (non-hydrogen) atoms. The molecule has 1 heterocycles. The third kappa shape index (κ3) is 6.71. The number of rotatable bonds is 6. The lowest BCUT2D eigenvalue weighted by atomic mass is 10.0. The molecule has 1 saturated carbocycles. The molecule has 1 aromatic rings. The fourth-order valence-corrected chi connectivity index (χ4v) is 3.94. The van der Waals surface area contributed by atoms with Crippen LogP contribution in [0.1, 0.15) is 52.0 Å². The Balaban J connectivity index is 1.47. The van der Waals surface area contributed by atoms with Crippen LogP contribution in [0.2, 0.25) is 10.0 Å². The lowest BCUT2D eigenvalue weighted by Gasteiger charge is -2.33. The van der Waals surface area contributed by atoms with Crippen LogP contribution in [0.4, 0.5) is 4.79 Å². The summed E-state index contributed by atoms with van der Waals surface area (Å²) in [5, 5.41) is 4.11. The highest BCUT2D eigenvalue weighted by Gasteiger charge is 2.25. The number of hydrogen-bond donors (Lipinski definition) is 1. The number of halogens is 2. The van der Waals surface area contributed by atoms with Gasteiger partial charge in [0.1, 0.15) is 5.60 Å². The first-order chi connectivity index (χ1) is 13.2. The van der Waals surface area contributed by atoms with E-state index in [1.54, 1.807) is 0 Å². The van der Waals surface area contributed by atoms with Crippen LogP contribution < -0.4 is 10.1 Å². The fraction of sp³-hybridized carbons (Fsp3) is 0.667. The average molecular weight is 429 g/mol. The molecule has 1 aliphatic carbocycles. The fourth-order valence-electron chi connectivity index (χ4n) is 3.30. The highest BCUT2D eigenvalue weighted by molar-refractivity contribution is 6.37. The summed E-state index contributed by atoms with van der Waals surface area (Å²) in [4.78, 5) is 14.3. The van der Waals surface area contributed by atoms with E-state index in [2.05, 4.69) is 10.2 Å². The SMILES string of the molecule is CC(C)(C)OC(=O)NC1CCN(Cc2cc(Cl)c(OCC3CC3)c(Cl)c2)CC1. The summed E-state index contributed by atoms with van der Waals surface area (Å²) in [7, 11) is 0. The maximum atomic E-state index is 11.9. The van der Waals surface area contributed by atoms with Crippen molar-refractivity contribution in [3.05, 3.63) is 27.7 Å². The molecular weight excluding hydrogens is 399 g/mol. The summed E-state index contributed by atoms with van der Waals surface area (Å²) in [6, 6.07) is 4.04. The molecule has 7 heteroatoms. The Morgan fingerprint density at radius 3 is 2.29 bits per heavy atom. The second-order valence-electron chi connectivity index (χ2n) is 8.84. The molecule has 1 aromatic carbocycles. The minimum atomic E-state index is -0.474. The average Bonchev–Trinajstić information content (AvgIpc) is 3.38. The Bertz CT molecular complexity index is 670. The zero-order valence-electron chi connectivity index (χ0n) is 16.9. The van der Waals surface area contributed by atoms with E-state index in [0.717, 1.165) is 38.0 Å². The predicted octanol–water partition coefficient (Wildman–Crippen LogP) is 5.27. The highest BCUT2D eigenvalue weighted by atomic mass is 35.5. The summed E-state index contributed by atoms with van der Waals surface area (Å²) in [6.07, 6.45) is 3.90. The molecule has 5 nitrogen and oxygen atoms in total. The van der Waals surface area contributed by atoms with E-state index in [1.165, 1.54) is 12.8 Å². The van der Waals surface area contributed by atoms with Crippen molar-refractivity contribution >= 4 is 29.3 Å². The van der Waals surface area contributed by atoms with Crippen molar-refractivity contribution in [2.45, 2.75) is 64.6 Å². The first-order valence-electron chi connectivity index (χ1n) is 10.0. The van der Waals surface area contributed by atoms with Crippen LogP contribution in [0, 0.1) is 5.92 Å². The summed E-state index contributed by atoms with van der Waals surface area (Å²) in [6.45, 7) is 8.87. The van der Waals surface area contributed by atoms with Gasteiger partial charge in [-0.15, -0.1) is 0 Å². The van der Waals surface area contributed by atoms with Gasteiger partial charge in [0.15, 0.2) is 5.75 Å². The number of ether oxygens (including phenoxy) is 2. The van der Waals surface area contributed by atoms with Crippen molar-refractivity contribution in [3.63, 3.8) is 0 Å². The van der Waals surface area contributed by atoms with E-state index in [9.17, 15) is 4.79 Å². The number of benzene rings is 1. The monoisotopic (exact) mass is 428 g/mol. The highest BCUT2D eigenvalue weighted by Crippen LogP contribution is 2.37. The topological polar surface area (TPSA) is 50.8 Å². The largest absolute Gasteiger partial charge is 0.490 e. The molecule has 0 unspecified atom stereocenters. The maximum absolute atomic E-state index is 11.9. The molecule has 1 aliphatic heterocycles. The van der Waals surface area contributed by atoms with Gasteiger partial charge in [-0.3, -0.25) is 4.90 Å². The summed E-state index contributed by atoms with van der Waals surface area (Å²) in [5.74, 6) is 1.25. The Morgan fingerprint density at radius 1 is 1.14 bits per heavy atom. The van der Waals surface area contributed by atoms with Gasteiger partial charge in [0.25, 0.3) is 0 Å². The van der Waals surface area contributed by atoms with Crippen LogP contribution >= 0.6 is 23.2 Å². The van der Waals surface area contributed by atoms with Crippen molar-refractivity contribution in [3.8, 4) is 5.75 Å². The van der Waals surface area contributed by atoms with E-state index >= 15 is 0 Å². The third-order valence-electron chi connectivity index (χ3n) is 4.93. The van der Waals surface area contributed by atoms with Gasteiger partial charge in [-0.1, -0.05) is 23.2 Å².